The van der Waals surface area contributed by atoms with Gasteiger partial charge < -0.3 is 29.5 Å². The number of aliphatic hydroxyl groups is 1. The van der Waals surface area contributed by atoms with Crippen molar-refractivity contribution in [2.75, 3.05) is 13.2 Å². The molecule has 2 aliphatic rings. The number of hydrogen-bond donors (Lipinski definition) is 3. The molecule has 8 heteroatoms. The van der Waals surface area contributed by atoms with Crippen LogP contribution in [0.4, 0.5) is 0 Å². The Kier molecular flexibility index (Phi) is 10.1. The number of ether oxygens (including phenoxy) is 3. The van der Waals surface area contributed by atoms with E-state index in [9.17, 15) is 19.8 Å². The molecular weight excluding hydrogens is 500 g/mol. The summed E-state index contributed by atoms with van der Waals surface area (Å²) in [4.78, 5) is 23.6. The average molecular weight is 541 g/mol. The molecule has 0 radical (unpaired) electrons. The lowest BCUT2D eigenvalue weighted by Gasteiger charge is -2.32. The maximum Gasteiger partial charge on any atom is 0.344 e. The Morgan fingerprint density at radius 2 is 1.79 bits per heavy atom. The summed E-state index contributed by atoms with van der Waals surface area (Å²) in [5.74, 6) is 0.579. The van der Waals surface area contributed by atoms with E-state index in [0.29, 0.717) is 36.2 Å². The molecule has 0 unspecified atom stereocenters. The zero-order valence-electron chi connectivity index (χ0n) is 22.6. The molecule has 8 nitrogen and oxygen atoms in total. The van der Waals surface area contributed by atoms with Crippen molar-refractivity contribution in [3.05, 3.63) is 53.6 Å². The molecule has 39 heavy (non-hydrogen) atoms. The van der Waals surface area contributed by atoms with Crippen molar-refractivity contribution in [1.29, 1.82) is 0 Å². The number of aliphatic hydroxyl groups excluding tert-OH is 1. The van der Waals surface area contributed by atoms with Gasteiger partial charge in [-0.1, -0.05) is 31.9 Å². The number of carbonyl (C=O) groups excluding carboxylic acids is 1. The van der Waals surface area contributed by atoms with Gasteiger partial charge in [0.05, 0.1) is 6.10 Å². The summed E-state index contributed by atoms with van der Waals surface area (Å²) < 4.78 is 16.9. The Morgan fingerprint density at radius 1 is 1.00 bits per heavy atom. The van der Waals surface area contributed by atoms with E-state index in [1.54, 1.807) is 12.1 Å². The van der Waals surface area contributed by atoms with Crippen LogP contribution in [0.25, 0.3) is 0 Å². The van der Waals surface area contributed by atoms with E-state index in [0.717, 1.165) is 56.1 Å². The molecule has 2 aromatic carbocycles. The summed E-state index contributed by atoms with van der Waals surface area (Å²) in [7, 11) is 0. The molecule has 212 valence electrons. The van der Waals surface area contributed by atoms with Crippen molar-refractivity contribution in [3.8, 4) is 17.2 Å². The van der Waals surface area contributed by atoms with Gasteiger partial charge in [0.15, 0.2) is 13.2 Å². The van der Waals surface area contributed by atoms with Crippen LogP contribution in [0.3, 0.4) is 0 Å². The lowest BCUT2D eigenvalue weighted by atomic mass is 9.73. The van der Waals surface area contributed by atoms with E-state index in [1.165, 1.54) is 12.1 Å². The second kappa shape index (κ2) is 13.7. The largest absolute Gasteiger partial charge is 0.508 e. The van der Waals surface area contributed by atoms with Crippen LogP contribution in [-0.2, 0) is 27.2 Å². The summed E-state index contributed by atoms with van der Waals surface area (Å²) in [6.45, 7) is 1.57. The number of aromatic hydroxyl groups is 1. The summed E-state index contributed by atoms with van der Waals surface area (Å²) in [5, 5.41) is 29.4. The van der Waals surface area contributed by atoms with Gasteiger partial charge in [0.1, 0.15) is 23.4 Å². The highest BCUT2D eigenvalue weighted by Crippen LogP contribution is 2.48. The van der Waals surface area contributed by atoms with Crippen LogP contribution in [0.15, 0.2) is 42.5 Å². The summed E-state index contributed by atoms with van der Waals surface area (Å²) in [5.41, 5.74) is 2.23. The molecule has 3 N–H and O–H groups in total. The molecule has 2 aromatic rings. The van der Waals surface area contributed by atoms with E-state index >= 15 is 0 Å². The van der Waals surface area contributed by atoms with E-state index in [2.05, 4.69) is 13.0 Å². The minimum Gasteiger partial charge on any atom is -0.508 e. The van der Waals surface area contributed by atoms with Gasteiger partial charge in [-0.3, -0.25) is 0 Å². The number of aliphatic carboxylic acids is 1. The maximum absolute atomic E-state index is 12.6. The SMILES string of the molecule is CCCCC[C@@H](CC[C@@H]1[C@H]2Cc3cccc(OCC(=O)O)c3C[C@H]2C[C@H]1O)OC(=O)COc1ccc(O)cc1. The van der Waals surface area contributed by atoms with Gasteiger partial charge in [-0.25, -0.2) is 9.59 Å². The molecule has 5 atom stereocenters. The second-order valence-electron chi connectivity index (χ2n) is 10.8. The first kappa shape index (κ1) is 28.7. The number of carboxylic acids is 1. The standard InChI is InChI=1S/C31H40O8/c1-2-3-4-7-24(39-31(36)19-37-23-11-9-22(32)10-12-23)13-14-25-26-15-20-6-5-8-29(38-18-30(34)35)27(20)16-21(26)17-28(25)33/h5-6,8-12,21,24-26,28,32-33H,2-4,7,13-19H2,1H3,(H,34,35)/t21-,24-,25+,26-,28+/m0/s1. The molecule has 1 fully saturated rings. The molecule has 0 saturated heterocycles. The third-order valence-corrected chi connectivity index (χ3v) is 8.14. The minimum atomic E-state index is -1.00. The van der Waals surface area contributed by atoms with Gasteiger partial charge in [0.25, 0.3) is 0 Å². The topological polar surface area (TPSA) is 123 Å². The first-order valence-corrected chi connectivity index (χ1v) is 14.1. The predicted molar refractivity (Wildman–Crippen MR) is 145 cm³/mol. The second-order valence-corrected chi connectivity index (χ2v) is 10.8. The fraction of sp³-hybridized carbons (Fsp3) is 0.548. The van der Waals surface area contributed by atoms with Crippen LogP contribution >= 0.6 is 0 Å². The van der Waals surface area contributed by atoms with E-state index in [1.807, 2.05) is 12.1 Å². The molecule has 4 rings (SSSR count). The smallest absolute Gasteiger partial charge is 0.344 e. The first-order chi connectivity index (χ1) is 18.8. The van der Waals surface area contributed by atoms with Gasteiger partial charge in [-0.2, -0.15) is 0 Å². The van der Waals surface area contributed by atoms with Crippen molar-refractivity contribution in [2.45, 2.75) is 76.9 Å². The van der Waals surface area contributed by atoms with Crippen molar-refractivity contribution in [2.24, 2.45) is 17.8 Å². The zero-order valence-corrected chi connectivity index (χ0v) is 22.6. The van der Waals surface area contributed by atoms with Crippen molar-refractivity contribution in [3.63, 3.8) is 0 Å². The Labute approximate surface area is 229 Å². The van der Waals surface area contributed by atoms with E-state index < -0.39 is 18.0 Å². The Bertz CT molecular complexity index is 1100. The highest BCUT2D eigenvalue weighted by atomic mass is 16.6. The quantitative estimate of drug-likeness (QED) is 0.228. The number of benzene rings is 2. The number of fused-ring (bicyclic) bond motifs is 2. The molecule has 0 amide bonds. The molecule has 2 aliphatic carbocycles. The number of unbranched alkanes of at least 4 members (excludes halogenated alkanes) is 2. The van der Waals surface area contributed by atoms with Crippen LogP contribution in [0, 0.1) is 17.8 Å². The molecule has 0 heterocycles. The average Bonchev–Trinajstić information content (AvgIpc) is 3.22. The van der Waals surface area contributed by atoms with Gasteiger partial charge in [-0.15, -0.1) is 0 Å². The maximum atomic E-state index is 12.6. The van der Waals surface area contributed by atoms with Gasteiger partial charge in [0.2, 0.25) is 0 Å². The fourth-order valence-electron chi connectivity index (χ4n) is 6.25. The highest BCUT2D eigenvalue weighted by Gasteiger charge is 2.45. The van der Waals surface area contributed by atoms with E-state index in [-0.39, 0.29) is 31.0 Å². The predicted octanol–water partition coefficient (Wildman–Crippen LogP) is 4.92. The number of hydrogen-bond acceptors (Lipinski definition) is 7. The van der Waals surface area contributed by atoms with Gasteiger partial charge >= 0.3 is 11.9 Å². The zero-order chi connectivity index (χ0) is 27.8. The fourth-order valence-corrected chi connectivity index (χ4v) is 6.25. The lowest BCUT2D eigenvalue weighted by molar-refractivity contribution is -0.152. The Hall–Kier alpha value is -3.26. The Morgan fingerprint density at radius 3 is 2.54 bits per heavy atom. The molecule has 1 saturated carbocycles. The van der Waals surface area contributed by atoms with Crippen LogP contribution < -0.4 is 9.47 Å². The van der Waals surface area contributed by atoms with Crippen LogP contribution in [0.1, 0.15) is 63.0 Å². The third kappa shape index (κ3) is 7.88. The highest BCUT2D eigenvalue weighted by molar-refractivity contribution is 5.71. The number of rotatable bonds is 14. The van der Waals surface area contributed by atoms with Crippen molar-refractivity contribution >= 4 is 11.9 Å². The molecule has 0 aromatic heterocycles. The number of carbonyl (C=O) groups is 2. The van der Waals surface area contributed by atoms with Crippen molar-refractivity contribution in [1.82, 2.24) is 0 Å². The lowest BCUT2D eigenvalue weighted by Crippen LogP contribution is -2.29. The monoisotopic (exact) mass is 540 g/mol. The van der Waals surface area contributed by atoms with Crippen LogP contribution in [0.2, 0.25) is 0 Å². The summed E-state index contributed by atoms with van der Waals surface area (Å²) >= 11 is 0. The Balaban J connectivity index is 1.35. The normalized spacial score (nSPS) is 22.4. The van der Waals surface area contributed by atoms with Crippen LogP contribution in [-0.4, -0.2) is 52.7 Å². The first-order valence-electron chi connectivity index (χ1n) is 14.1. The van der Waals surface area contributed by atoms with Gasteiger partial charge in [-0.05, 0) is 104 Å². The molecule has 0 aliphatic heterocycles. The number of phenolic OH excluding ortho intramolecular Hbond substituents is 1. The minimum absolute atomic E-state index is 0.118. The molecular formula is C31H40O8. The van der Waals surface area contributed by atoms with Crippen LogP contribution in [0.5, 0.6) is 17.2 Å². The molecule has 0 spiro atoms. The van der Waals surface area contributed by atoms with E-state index in [4.69, 9.17) is 19.3 Å². The molecule has 0 bridgehead atoms. The third-order valence-electron chi connectivity index (χ3n) is 8.14. The number of phenols is 1. The summed E-state index contributed by atoms with van der Waals surface area (Å²) in [6.07, 6.45) is 7.02. The van der Waals surface area contributed by atoms with Gasteiger partial charge in [0, 0.05) is 0 Å². The number of esters is 1. The number of carboxylic acid groups (broad SMARTS) is 1. The van der Waals surface area contributed by atoms with Crippen molar-refractivity contribution < 1.29 is 39.1 Å². The summed E-state index contributed by atoms with van der Waals surface area (Å²) in [6, 6.07) is 12.0.